The number of benzene rings is 2. The van der Waals surface area contributed by atoms with Crippen molar-refractivity contribution in [1.82, 2.24) is 9.62 Å². The lowest BCUT2D eigenvalue weighted by Gasteiger charge is -2.21. The van der Waals surface area contributed by atoms with Crippen LogP contribution in [-0.4, -0.2) is 32.3 Å². The molecule has 5 nitrogen and oxygen atoms in total. The van der Waals surface area contributed by atoms with E-state index in [2.05, 4.69) is 4.72 Å². The van der Waals surface area contributed by atoms with E-state index in [0.717, 1.165) is 18.4 Å². The molecular weight excluding hydrogens is 348 g/mol. The number of nitrogens with one attached hydrogen (secondary N) is 1. The Morgan fingerprint density at radius 2 is 1.62 bits per heavy atom. The van der Waals surface area contributed by atoms with Crippen molar-refractivity contribution in [3.63, 3.8) is 0 Å². The molecule has 2 rings (SSSR count). The predicted molar refractivity (Wildman–Crippen MR) is 103 cm³/mol. The second-order valence-corrected chi connectivity index (χ2v) is 7.90. The third-order valence-corrected chi connectivity index (χ3v) is 5.37. The van der Waals surface area contributed by atoms with Gasteiger partial charge in [-0.15, -0.1) is 0 Å². The number of sulfonamides is 1. The molecule has 0 aliphatic heterocycles. The van der Waals surface area contributed by atoms with Gasteiger partial charge in [-0.1, -0.05) is 50.2 Å². The summed E-state index contributed by atoms with van der Waals surface area (Å²) >= 11 is 0. The lowest BCUT2D eigenvalue weighted by atomic mass is 10.2. The highest BCUT2D eigenvalue weighted by molar-refractivity contribution is 7.89. The van der Waals surface area contributed by atoms with Crippen molar-refractivity contribution >= 4 is 15.9 Å². The summed E-state index contributed by atoms with van der Waals surface area (Å²) in [6.45, 7) is 5.57. The van der Waals surface area contributed by atoms with E-state index in [4.69, 9.17) is 0 Å². The summed E-state index contributed by atoms with van der Waals surface area (Å²) in [6.07, 6.45) is 1.73. The van der Waals surface area contributed by atoms with Gasteiger partial charge in [0.25, 0.3) is 5.91 Å². The molecule has 0 radical (unpaired) electrons. The molecule has 1 amide bonds. The first kappa shape index (κ1) is 20.1. The number of hydrogen-bond acceptors (Lipinski definition) is 3. The molecular formula is C20H26N2O3S. The summed E-state index contributed by atoms with van der Waals surface area (Å²) in [4.78, 5) is 14.6. The normalized spacial score (nSPS) is 11.3. The van der Waals surface area contributed by atoms with Crippen molar-refractivity contribution in [1.29, 1.82) is 0 Å². The molecule has 0 aromatic heterocycles. The van der Waals surface area contributed by atoms with Crippen LogP contribution in [0.15, 0.2) is 59.5 Å². The van der Waals surface area contributed by atoms with E-state index >= 15 is 0 Å². The highest BCUT2D eigenvalue weighted by Gasteiger charge is 2.19. The van der Waals surface area contributed by atoms with E-state index in [1.54, 1.807) is 17.0 Å². The third kappa shape index (κ3) is 5.41. The van der Waals surface area contributed by atoms with Crippen LogP contribution in [0.1, 0.15) is 42.6 Å². The number of carbonyl (C=O) groups is 1. The molecule has 0 aliphatic carbocycles. The minimum absolute atomic E-state index is 0.104. The van der Waals surface area contributed by atoms with Gasteiger partial charge in [-0.05, 0) is 36.6 Å². The standard InChI is InChI=1S/C20H26N2O3S/c1-3-13-22(14-4-2)20(23)18-11-8-12-19(15-18)26(24,25)21-16-17-9-6-5-7-10-17/h5-12,15,21H,3-4,13-14,16H2,1-2H3. The summed E-state index contributed by atoms with van der Waals surface area (Å²) in [7, 11) is -3.69. The van der Waals surface area contributed by atoms with Crippen LogP contribution in [0.3, 0.4) is 0 Å². The zero-order valence-electron chi connectivity index (χ0n) is 15.3. The van der Waals surface area contributed by atoms with Gasteiger partial charge in [0.2, 0.25) is 10.0 Å². The van der Waals surface area contributed by atoms with Gasteiger partial charge in [0.1, 0.15) is 0 Å². The first-order valence-corrected chi connectivity index (χ1v) is 10.4. The smallest absolute Gasteiger partial charge is 0.253 e. The fourth-order valence-corrected chi connectivity index (χ4v) is 3.75. The predicted octanol–water partition coefficient (Wildman–Crippen LogP) is 3.43. The van der Waals surface area contributed by atoms with Crippen molar-refractivity contribution in [3.8, 4) is 0 Å². The van der Waals surface area contributed by atoms with Gasteiger partial charge in [0, 0.05) is 25.2 Å². The Morgan fingerprint density at radius 3 is 2.23 bits per heavy atom. The van der Waals surface area contributed by atoms with E-state index < -0.39 is 10.0 Å². The minimum atomic E-state index is -3.69. The van der Waals surface area contributed by atoms with Gasteiger partial charge in [-0.25, -0.2) is 13.1 Å². The summed E-state index contributed by atoms with van der Waals surface area (Å²) in [6, 6.07) is 15.5. The molecule has 26 heavy (non-hydrogen) atoms. The van der Waals surface area contributed by atoms with Crippen molar-refractivity contribution in [2.45, 2.75) is 38.1 Å². The van der Waals surface area contributed by atoms with Gasteiger partial charge in [0.05, 0.1) is 4.90 Å². The largest absolute Gasteiger partial charge is 0.339 e. The maximum absolute atomic E-state index is 12.7. The Bertz CT molecular complexity index is 814. The van der Waals surface area contributed by atoms with Crippen LogP contribution < -0.4 is 4.72 Å². The van der Waals surface area contributed by atoms with Gasteiger partial charge < -0.3 is 4.90 Å². The fourth-order valence-electron chi connectivity index (χ4n) is 2.69. The molecule has 0 heterocycles. The van der Waals surface area contributed by atoms with E-state index in [9.17, 15) is 13.2 Å². The zero-order chi connectivity index (χ0) is 19.0. The Morgan fingerprint density at radius 1 is 0.962 bits per heavy atom. The van der Waals surface area contributed by atoms with Gasteiger partial charge >= 0.3 is 0 Å². The Hall–Kier alpha value is -2.18. The molecule has 2 aromatic rings. The van der Waals surface area contributed by atoms with Gasteiger partial charge in [0.15, 0.2) is 0 Å². The summed E-state index contributed by atoms with van der Waals surface area (Å²) in [5.41, 5.74) is 1.27. The Kier molecular flexibility index (Phi) is 7.36. The highest BCUT2D eigenvalue weighted by Crippen LogP contribution is 2.14. The van der Waals surface area contributed by atoms with Gasteiger partial charge in [-0.2, -0.15) is 0 Å². The zero-order valence-corrected chi connectivity index (χ0v) is 16.1. The molecule has 0 saturated carbocycles. The van der Waals surface area contributed by atoms with Crippen molar-refractivity contribution < 1.29 is 13.2 Å². The topological polar surface area (TPSA) is 66.5 Å². The van der Waals surface area contributed by atoms with Crippen LogP contribution in [-0.2, 0) is 16.6 Å². The molecule has 1 N–H and O–H groups in total. The van der Waals surface area contributed by atoms with Crippen LogP contribution in [0, 0.1) is 0 Å². The summed E-state index contributed by atoms with van der Waals surface area (Å²) in [5.74, 6) is -0.131. The molecule has 0 atom stereocenters. The Balaban J connectivity index is 2.17. The molecule has 0 unspecified atom stereocenters. The quantitative estimate of drug-likeness (QED) is 0.731. The third-order valence-electron chi connectivity index (χ3n) is 3.97. The lowest BCUT2D eigenvalue weighted by Crippen LogP contribution is -2.32. The number of rotatable bonds is 9. The van der Waals surface area contributed by atoms with Gasteiger partial charge in [-0.3, -0.25) is 4.79 Å². The molecule has 0 fully saturated rings. The number of nitrogens with zero attached hydrogens (tertiary/aromatic N) is 1. The van der Waals surface area contributed by atoms with Crippen molar-refractivity contribution in [2.24, 2.45) is 0 Å². The van der Waals surface area contributed by atoms with E-state index in [-0.39, 0.29) is 17.3 Å². The van der Waals surface area contributed by atoms with E-state index in [1.807, 2.05) is 44.2 Å². The summed E-state index contributed by atoms with van der Waals surface area (Å²) < 4.78 is 27.7. The van der Waals surface area contributed by atoms with E-state index in [1.165, 1.54) is 12.1 Å². The Labute approximate surface area is 156 Å². The number of hydrogen-bond donors (Lipinski definition) is 1. The second-order valence-electron chi connectivity index (χ2n) is 6.13. The van der Waals surface area contributed by atoms with Crippen LogP contribution in [0.25, 0.3) is 0 Å². The summed E-state index contributed by atoms with van der Waals surface area (Å²) in [5, 5.41) is 0. The van der Waals surface area contributed by atoms with E-state index in [0.29, 0.717) is 18.7 Å². The molecule has 2 aromatic carbocycles. The average Bonchev–Trinajstić information content (AvgIpc) is 2.67. The van der Waals surface area contributed by atoms with Crippen molar-refractivity contribution in [3.05, 3.63) is 65.7 Å². The first-order valence-electron chi connectivity index (χ1n) is 8.91. The highest BCUT2D eigenvalue weighted by atomic mass is 32.2. The van der Waals surface area contributed by atoms with Crippen molar-refractivity contribution in [2.75, 3.05) is 13.1 Å². The lowest BCUT2D eigenvalue weighted by molar-refractivity contribution is 0.0755. The average molecular weight is 375 g/mol. The molecule has 140 valence electrons. The minimum Gasteiger partial charge on any atom is -0.339 e. The van der Waals surface area contributed by atoms with Crippen LogP contribution in [0.2, 0.25) is 0 Å². The molecule has 0 aliphatic rings. The SMILES string of the molecule is CCCN(CCC)C(=O)c1cccc(S(=O)(=O)NCc2ccccc2)c1. The number of carbonyl (C=O) groups excluding carboxylic acids is 1. The number of amides is 1. The molecule has 0 saturated heterocycles. The fraction of sp³-hybridized carbons (Fsp3) is 0.350. The van der Waals surface area contributed by atoms with Crippen LogP contribution in [0.5, 0.6) is 0 Å². The molecule has 0 spiro atoms. The first-order chi connectivity index (χ1) is 12.5. The maximum Gasteiger partial charge on any atom is 0.253 e. The van der Waals surface area contributed by atoms with Crippen LogP contribution >= 0.6 is 0 Å². The van der Waals surface area contributed by atoms with Crippen LogP contribution in [0.4, 0.5) is 0 Å². The maximum atomic E-state index is 12.7. The molecule has 0 bridgehead atoms. The second kappa shape index (κ2) is 9.50. The molecule has 6 heteroatoms. The monoisotopic (exact) mass is 374 g/mol.